The number of carbonyl (C=O) groups is 4. The van der Waals surface area contributed by atoms with Gasteiger partial charge in [0.1, 0.15) is 6.04 Å². The van der Waals surface area contributed by atoms with Gasteiger partial charge in [0, 0.05) is 38.8 Å². The summed E-state index contributed by atoms with van der Waals surface area (Å²) in [6.45, 7) is 12.1. The number of ketones is 2. The maximum Gasteiger partial charge on any atom is 0.246 e. The molecule has 3 atom stereocenters. The van der Waals surface area contributed by atoms with Crippen LogP contribution in [0.25, 0.3) is 0 Å². The predicted octanol–water partition coefficient (Wildman–Crippen LogP) is 4.68. The molecule has 1 N–H and O–H groups in total. The Labute approximate surface area is 222 Å². The van der Waals surface area contributed by atoms with Gasteiger partial charge in [0.15, 0.2) is 11.6 Å². The molecule has 1 saturated heterocycles. The van der Waals surface area contributed by atoms with Gasteiger partial charge < -0.3 is 10.2 Å². The zero-order chi connectivity index (χ0) is 27.3. The van der Waals surface area contributed by atoms with Crippen molar-refractivity contribution in [1.29, 1.82) is 0 Å². The Morgan fingerprint density at radius 1 is 1.03 bits per heavy atom. The molecule has 0 unspecified atom stereocenters. The molecular weight excluding hydrogens is 466 g/mol. The van der Waals surface area contributed by atoms with Crippen LogP contribution in [0.15, 0.2) is 17.1 Å². The predicted molar refractivity (Wildman–Crippen MR) is 146 cm³/mol. The van der Waals surface area contributed by atoms with Gasteiger partial charge in [-0.3, -0.25) is 24.2 Å². The van der Waals surface area contributed by atoms with Crippen LogP contribution < -0.4 is 5.32 Å². The second kappa shape index (κ2) is 12.5. The Bertz CT molecular complexity index is 922. The van der Waals surface area contributed by atoms with Crippen LogP contribution in [0.4, 0.5) is 0 Å². The van der Waals surface area contributed by atoms with Gasteiger partial charge in [-0.05, 0) is 49.4 Å². The summed E-state index contributed by atoms with van der Waals surface area (Å²) in [7, 11) is 1.61. The third kappa shape index (κ3) is 8.08. The van der Waals surface area contributed by atoms with Crippen molar-refractivity contribution >= 4 is 29.1 Å². The van der Waals surface area contributed by atoms with Crippen molar-refractivity contribution in [2.45, 2.75) is 110 Å². The summed E-state index contributed by atoms with van der Waals surface area (Å²) in [5.41, 5.74) is 0.786. The lowest BCUT2D eigenvalue weighted by Gasteiger charge is -2.36. The highest BCUT2D eigenvalue weighted by Gasteiger charge is 2.43. The van der Waals surface area contributed by atoms with Crippen molar-refractivity contribution in [3.05, 3.63) is 12.2 Å². The Balaban J connectivity index is 1.68. The summed E-state index contributed by atoms with van der Waals surface area (Å²) < 4.78 is 0. The third-order valence-corrected chi connectivity index (χ3v) is 8.20. The van der Waals surface area contributed by atoms with E-state index in [1.165, 1.54) is 6.42 Å². The van der Waals surface area contributed by atoms with Crippen molar-refractivity contribution in [3.8, 4) is 0 Å². The van der Waals surface area contributed by atoms with Gasteiger partial charge in [-0.1, -0.05) is 59.1 Å². The first kappa shape index (κ1) is 29.2. The van der Waals surface area contributed by atoms with E-state index < -0.39 is 17.5 Å². The molecule has 206 valence electrons. The molecule has 7 heteroatoms. The number of rotatable bonds is 11. The zero-order valence-corrected chi connectivity index (χ0v) is 23.6. The van der Waals surface area contributed by atoms with Crippen LogP contribution in [0.3, 0.4) is 0 Å². The minimum Gasteiger partial charge on any atom is -0.344 e. The van der Waals surface area contributed by atoms with Crippen molar-refractivity contribution in [2.24, 2.45) is 28.2 Å². The highest BCUT2D eigenvalue weighted by molar-refractivity contribution is 6.40. The summed E-state index contributed by atoms with van der Waals surface area (Å²) in [5, 5.41) is 3.03. The van der Waals surface area contributed by atoms with Crippen LogP contribution in [-0.2, 0) is 19.2 Å². The summed E-state index contributed by atoms with van der Waals surface area (Å²) in [4.78, 5) is 58.8. The molecule has 0 aromatic rings. The number of carbonyl (C=O) groups excluding carboxylic acids is 4. The lowest BCUT2D eigenvalue weighted by Crippen LogP contribution is -2.57. The smallest absolute Gasteiger partial charge is 0.246 e. The highest BCUT2D eigenvalue weighted by atomic mass is 16.2. The summed E-state index contributed by atoms with van der Waals surface area (Å²) in [6.07, 6.45) is 9.37. The van der Waals surface area contributed by atoms with E-state index in [0.717, 1.165) is 44.1 Å². The fourth-order valence-corrected chi connectivity index (χ4v) is 5.85. The number of hydrogen-bond donors (Lipinski definition) is 1. The average molecular weight is 514 g/mol. The number of amides is 2. The maximum atomic E-state index is 13.8. The van der Waals surface area contributed by atoms with Crippen molar-refractivity contribution < 1.29 is 19.2 Å². The molecule has 37 heavy (non-hydrogen) atoms. The minimum atomic E-state index is -0.727. The van der Waals surface area contributed by atoms with Crippen LogP contribution in [0.1, 0.15) is 98.3 Å². The van der Waals surface area contributed by atoms with Crippen molar-refractivity contribution in [1.82, 2.24) is 10.2 Å². The van der Waals surface area contributed by atoms with Gasteiger partial charge in [-0.2, -0.15) is 0 Å². The molecule has 0 radical (unpaired) electrons. The first-order valence-corrected chi connectivity index (χ1v) is 14.2. The number of likely N-dealkylation sites (tertiary alicyclic amines) is 1. The molecular formula is C30H47N3O4. The SMILES string of the molecule is C=C1C[C@@H](C(=O)C[C@@H](C)C(=NC)C(=O)CC2CC2)N(C(=O)[C@@H](NC(=O)CC2CCCCC2)C(C)(C)C)C1. The number of hydrogen-bond acceptors (Lipinski definition) is 5. The fourth-order valence-electron chi connectivity index (χ4n) is 5.85. The molecule has 3 aliphatic rings. The molecule has 7 nitrogen and oxygen atoms in total. The van der Waals surface area contributed by atoms with E-state index >= 15 is 0 Å². The first-order valence-electron chi connectivity index (χ1n) is 14.2. The van der Waals surface area contributed by atoms with Crippen LogP contribution in [0, 0.1) is 23.2 Å². The Hall–Kier alpha value is -2.31. The summed E-state index contributed by atoms with van der Waals surface area (Å²) in [5.74, 6) is 0.160. The van der Waals surface area contributed by atoms with Gasteiger partial charge in [0.2, 0.25) is 11.8 Å². The molecule has 1 heterocycles. The van der Waals surface area contributed by atoms with Crippen LogP contribution in [0.2, 0.25) is 0 Å². The molecule has 0 bridgehead atoms. The Kier molecular flexibility index (Phi) is 9.87. The molecule has 2 amide bonds. The molecule has 1 aliphatic heterocycles. The molecule has 3 rings (SSSR count). The zero-order valence-electron chi connectivity index (χ0n) is 23.6. The standard InChI is InChI=1S/C30H47N3O4/c1-19-14-23(24(34)15-20(2)27(31-6)25(35)16-22-12-13-22)33(18-19)29(37)28(30(3,4)5)32-26(36)17-21-10-8-7-9-11-21/h20-23,28H,1,7-18H2,2-6H3,(H,32,36)/t20-,23+,28-/m1/s1. The number of Topliss-reactive ketones (excluding diaryl/α,β-unsaturated/α-hetero) is 2. The molecule has 0 aromatic heterocycles. The largest absolute Gasteiger partial charge is 0.344 e. The molecule has 3 fully saturated rings. The lowest BCUT2D eigenvalue weighted by atomic mass is 9.84. The normalized spacial score (nSPS) is 23.1. The van der Waals surface area contributed by atoms with E-state index in [9.17, 15) is 19.2 Å². The number of nitrogens with zero attached hydrogens (tertiary/aromatic N) is 2. The van der Waals surface area contributed by atoms with E-state index in [0.29, 0.717) is 43.4 Å². The molecule has 0 aromatic carbocycles. The summed E-state index contributed by atoms with van der Waals surface area (Å²) in [6, 6.07) is -1.35. The first-order chi connectivity index (χ1) is 17.4. The average Bonchev–Trinajstić information content (AvgIpc) is 3.54. The lowest BCUT2D eigenvalue weighted by molar-refractivity contribution is -0.143. The van der Waals surface area contributed by atoms with E-state index in [1.54, 1.807) is 11.9 Å². The van der Waals surface area contributed by atoms with E-state index in [-0.39, 0.29) is 35.7 Å². The van der Waals surface area contributed by atoms with Crippen LogP contribution >= 0.6 is 0 Å². The number of aliphatic imine (C=N–C) groups is 1. The molecule has 0 spiro atoms. The summed E-state index contributed by atoms with van der Waals surface area (Å²) >= 11 is 0. The minimum absolute atomic E-state index is 0.0301. The quantitative estimate of drug-likeness (QED) is 0.320. The van der Waals surface area contributed by atoms with Gasteiger partial charge >= 0.3 is 0 Å². The van der Waals surface area contributed by atoms with Crippen molar-refractivity contribution in [3.63, 3.8) is 0 Å². The Morgan fingerprint density at radius 2 is 1.65 bits per heavy atom. The second-order valence-corrected chi connectivity index (χ2v) is 12.8. The van der Waals surface area contributed by atoms with E-state index in [4.69, 9.17) is 0 Å². The fraction of sp³-hybridized carbons (Fsp3) is 0.767. The van der Waals surface area contributed by atoms with Gasteiger partial charge in [0.05, 0.1) is 11.8 Å². The monoisotopic (exact) mass is 513 g/mol. The van der Waals surface area contributed by atoms with Crippen LogP contribution in [0.5, 0.6) is 0 Å². The van der Waals surface area contributed by atoms with Gasteiger partial charge in [-0.25, -0.2) is 0 Å². The Morgan fingerprint density at radius 3 is 2.22 bits per heavy atom. The van der Waals surface area contributed by atoms with Crippen molar-refractivity contribution in [2.75, 3.05) is 13.6 Å². The highest BCUT2D eigenvalue weighted by Crippen LogP contribution is 2.34. The van der Waals surface area contributed by atoms with E-state index in [2.05, 4.69) is 16.9 Å². The van der Waals surface area contributed by atoms with Gasteiger partial charge in [-0.15, -0.1) is 0 Å². The van der Waals surface area contributed by atoms with E-state index in [1.807, 2.05) is 27.7 Å². The molecule has 2 saturated carbocycles. The van der Waals surface area contributed by atoms with Gasteiger partial charge in [0.25, 0.3) is 0 Å². The topological polar surface area (TPSA) is 95.9 Å². The second-order valence-electron chi connectivity index (χ2n) is 12.8. The van der Waals surface area contributed by atoms with Crippen LogP contribution in [-0.4, -0.2) is 59.7 Å². The third-order valence-electron chi connectivity index (χ3n) is 8.20. The molecule has 2 aliphatic carbocycles. The number of nitrogens with one attached hydrogen (secondary N) is 1. The maximum absolute atomic E-state index is 13.8.